The van der Waals surface area contributed by atoms with Crippen LogP contribution in [0.5, 0.6) is 0 Å². The van der Waals surface area contributed by atoms with Gasteiger partial charge in [0.2, 0.25) is 15.9 Å². The lowest BCUT2D eigenvalue weighted by molar-refractivity contribution is -0.138. The van der Waals surface area contributed by atoms with Gasteiger partial charge in [-0.1, -0.05) is 43.8 Å². The molecule has 154 valence electrons. The number of benzene rings is 1. The Balaban J connectivity index is 0.000000892. The lowest BCUT2D eigenvalue weighted by atomic mass is 10.2. The summed E-state index contributed by atoms with van der Waals surface area (Å²) < 4.78 is 26.9. The van der Waals surface area contributed by atoms with E-state index in [0.29, 0.717) is 24.3 Å². The zero-order valence-corrected chi connectivity index (χ0v) is 17.3. The van der Waals surface area contributed by atoms with Crippen molar-refractivity contribution in [3.05, 3.63) is 54.1 Å². The van der Waals surface area contributed by atoms with Crippen molar-refractivity contribution in [3.63, 3.8) is 0 Å². The smallest absolute Gasteiger partial charge is 0.322 e. The molecule has 0 saturated carbocycles. The summed E-state index contributed by atoms with van der Waals surface area (Å²) in [4.78, 5) is 22.7. The van der Waals surface area contributed by atoms with Crippen molar-refractivity contribution < 1.29 is 23.1 Å². The zero-order chi connectivity index (χ0) is 21.3. The number of allylic oxidation sites excluding steroid dienone is 2. The second-order valence-electron chi connectivity index (χ2n) is 6.01. The molecule has 0 spiro atoms. The summed E-state index contributed by atoms with van der Waals surface area (Å²) in [5.41, 5.74) is 0.784. The number of nitrogens with one attached hydrogen (secondary N) is 1. The average molecular weight is 429 g/mol. The summed E-state index contributed by atoms with van der Waals surface area (Å²) in [7, 11) is -3.89. The molecular weight excluding hydrogens is 404 g/mol. The van der Waals surface area contributed by atoms with Gasteiger partial charge in [0.15, 0.2) is 0 Å². The van der Waals surface area contributed by atoms with Crippen LogP contribution < -0.4 is 5.32 Å². The molecule has 0 radical (unpaired) electrons. The third-order valence-corrected chi connectivity index (χ3v) is 6.14. The fraction of sp³-hybridized carbons (Fsp3) is 0.368. The summed E-state index contributed by atoms with van der Waals surface area (Å²) in [6, 6.07) is 3.70. The number of nitrogens with zero attached hydrogens (tertiary/aromatic N) is 1. The van der Waals surface area contributed by atoms with Gasteiger partial charge in [-0.15, -0.1) is 0 Å². The van der Waals surface area contributed by atoms with Crippen molar-refractivity contribution in [1.29, 1.82) is 0 Å². The molecule has 0 aromatic heterocycles. The molecule has 0 bridgehead atoms. The number of rotatable bonds is 7. The van der Waals surface area contributed by atoms with E-state index in [0.717, 1.165) is 9.87 Å². The van der Waals surface area contributed by atoms with Gasteiger partial charge in [0.05, 0.1) is 4.90 Å². The van der Waals surface area contributed by atoms with Crippen molar-refractivity contribution in [2.45, 2.75) is 37.1 Å². The number of aliphatic carboxylic acids is 1. The maximum atomic E-state index is 12.9. The molecular formula is C19H25ClN2O5S. The lowest BCUT2D eigenvalue weighted by Gasteiger charge is -2.23. The van der Waals surface area contributed by atoms with Gasteiger partial charge in [0, 0.05) is 11.6 Å². The van der Waals surface area contributed by atoms with Crippen LogP contribution in [-0.2, 0) is 26.0 Å². The van der Waals surface area contributed by atoms with Crippen molar-refractivity contribution in [1.82, 2.24) is 9.62 Å². The molecule has 0 aliphatic carbocycles. The topological polar surface area (TPSA) is 104 Å². The van der Waals surface area contributed by atoms with Gasteiger partial charge < -0.3 is 10.4 Å². The monoisotopic (exact) mass is 428 g/mol. The van der Waals surface area contributed by atoms with Crippen molar-refractivity contribution in [3.8, 4) is 0 Å². The number of carbonyl (C=O) groups excluding carboxylic acids is 1. The maximum absolute atomic E-state index is 12.9. The number of hydrogen-bond acceptors (Lipinski definition) is 4. The van der Waals surface area contributed by atoms with Gasteiger partial charge in [0.1, 0.15) is 12.6 Å². The Kier molecular flexibility index (Phi) is 9.37. The molecule has 1 saturated heterocycles. The number of hydrogen-bond donors (Lipinski definition) is 2. The number of carboxylic acids is 1. The van der Waals surface area contributed by atoms with Crippen LogP contribution in [0.25, 0.3) is 0 Å². The number of carbonyl (C=O) groups is 2. The van der Waals surface area contributed by atoms with Gasteiger partial charge in [-0.05, 0) is 43.0 Å². The fourth-order valence-corrected chi connectivity index (χ4v) is 4.75. The van der Waals surface area contributed by atoms with Crippen LogP contribution >= 0.6 is 11.6 Å². The number of carboxylic acid groups (broad SMARTS) is 1. The van der Waals surface area contributed by atoms with E-state index in [4.69, 9.17) is 16.7 Å². The highest BCUT2D eigenvalue weighted by Crippen LogP contribution is 2.28. The zero-order valence-electron chi connectivity index (χ0n) is 15.7. The second-order valence-corrected chi connectivity index (χ2v) is 8.33. The number of aryl methyl sites for hydroxylation is 1. The standard InChI is InChI=1S/C15H19ClN2O5S.C4H6/c1-2-10-6-11(16)8-12(7-10)24(22,23)18-5-3-4-13(18)15(21)17-9-14(19)20;1-3-4-2/h6-8,13H,2-5,9H2,1H3,(H,17,21)(H,19,20);3-4H,1-2H2. The maximum Gasteiger partial charge on any atom is 0.322 e. The second kappa shape index (κ2) is 11.0. The Labute approximate surface area is 170 Å². The van der Waals surface area contributed by atoms with Crippen LogP contribution in [0.4, 0.5) is 0 Å². The Morgan fingerprint density at radius 2 is 1.96 bits per heavy atom. The van der Waals surface area contributed by atoms with Crippen molar-refractivity contribution in [2.75, 3.05) is 13.1 Å². The minimum atomic E-state index is -3.89. The van der Waals surface area contributed by atoms with Gasteiger partial charge in [-0.25, -0.2) is 8.42 Å². The van der Waals surface area contributed by atoms with Crippen LogP contribution in [0.15, 0.2) is 48.4 Å². The van der Waals surface area contributed by atoms with E-state index in [-0.39, 0.29) is 11.4 Å². The fourth-order valence-electron chi connectivity index (χ4n) is 2.68. The molecule has 1 aromatic carbocycles. The SMILES string of the molecule is C=CC=C.CCc1cc(Cl)cc(S(=O)(=O)N2CCCC2C(=O)NCC(=O)O)c1. The molecule has 1 heterocycles. The summed E-state index contributed by atoms with van der Waals surface area (Å²) in [6.45, 7) is 8.28. The minimum Gasteiger partial charge on any atom is -0.480 e. The van der Waals surface area contributed by atoms with Crippen molar-refractivity contribution >= 4 is 33.5 Å². The first-order valence-corrected chi connectivity index (χ1v) is 10.5. The normalized spacial score (nSPS) is 16.6. The van der Waals surface area contributed by atoms with Crippen LogP contribution in [0.2, 0.25) is 5.02 Å². The van der Waals surface area contributed by atoms with Crippen LogP contribution in [0, 0.1) is 0 Å². The first kappa shape index (κ1) is 23.9. The molecule has 9 heteroatoms. The van der Waals surface area contributed by atoms with E-state index in [1.54, 1.807) is 24.3 Å². The quantitative estimate of drug-likeness (QED) is 0.649. The lowest BCUT2D eigenvalue weighted by Crippen LogP contribution is -2.47. The Morgan fingerprint density at radius 3 is 2.50 bits per heavy atom. The molecule has 1 fully saturated rings. The Morgan fingerprint density at radius 1 is 1.32 bits per heavy atom. The van der Waals surface area contributed by atoms with E-state index in [1.807, 2.05) is 6.92 Å². The van der Waals surface area contributed by atoms with Gasteiger partial charge in [0.25, 0.3) is 0 Å². The molecule has 28 heavy (non-hydrogen) atoms. The highest BCUT2D eigenvalue weighted by Gasteiger charge is 2.39. The predicted octanol–water partition coefficient (Wildman–Crippen LogP) is 2.61. The number of halogens is 1. The molecule has 1 aliphatic heterocycles. The third kappa shape index (κ3) is 6.47. The van der Waals surface area contributed by atoms with E-state index in [1.165, 1.54) is 6.07 Å². The molecule has 2 rings (SSSR count). The third-order valence-electron chi connectivity index (χ3n) is 4.03. The molecule has 1 unspecified atom stereocenters. The molecule has 1 aromatic rings. The van der Waals surface area contributed by atoms with E-state index < -0.39 is 34.5 Å². The first-order chi connectivity index (χ1) is 13.2. The molecule has 1 aliphatic rings. The molecule has 1 atom stereocenters. The van der Waals surface area contributed by atoms with Crippen LogP contribution in [0.3, 0.4) is 0 Å². The van der Waals surface area contributed by atoms with Crippen molar-refractivity contribution in [2.24, 2.45) is 0 Å². The molecule has 2 N–H and O–H groups in total. The first-order valence-electron chi connectivity index (χ1n) is 8.71. The number of amides is 1. The van der Waals surface area contributed by atoms with Gasteiger partial charge >= 0.3 is 5.97 Å². The van der Waals surface area contributed by atoms with E-state index >= 15 is 0 Å². The number of sulfonamides is 1. The average Bonchev–Trinajstić information content (AvgIpc) is 3.16. The Bertz CT molecular complexity index is 833. The summed E-state index contributed by atoms with van der Waals surface area (Å²) in [5.74, 6) is -1.78. The van der Waals surface area contributed by atoms with Crippen LogP contribution in [-0.4, -0.2) is 48.8 Å². The van der Waals surface area contributed by atoms with E-state index in [2.05, 4.69) is 18.5 Å². The Hall–Kier alpha value is -2.16. The highest BCUT2D eigenvalue weighted by molar-refractivity contribution is 7.89. The summed E-state index contributed by atoms with van der Waals surface area (Å²) in [5, 5.41) is 11.2. The summed E-state index contributed by atoms with van der Waals surface area (Å²) >= 11 is 6.00. The molecule has 7 nitrogen and oxygen atoms in total. The summed E-state index contributed by atoms with van der Waals surface area (Å²) in [6.07, 6.45) is 4.79. The largest absolute Gasteiger partial charge is 0.480 e. The van der Waals surface area contributed by atoms with Gasteiger partial charge in [-0.2, -0.15) is 4.31 Å². The van der Waals surface area contributed by atoms with Gasteiger partial charge in [-0.3, -0.25) is 9.59 Å². The minimum absolute atomic E-state index is 0.0461. The highest BCUT2D eigenvalue weighted by atomic mass is 35.5. The van der Waals surface area contributed by atoms with Crippen LogP contribution in [0.1, 0.15) is 25.3 Å². The predicted molar refractivity (Wildman–Crippen MR) is 109 cm³/mol. The molecule has 1 amide bonds. The van der Waals surface area contributed by atoms with E-state index in [9.17, 15) is 18.0 Å².